The van der Waals surface area contributed by atoms with E-state index in [1.165, 1.54) is 37.0 Å². The Morgan fingerprint density at radius 1 is 1.00 bits per heavy atom. The van der Waals surface area contributed by atoms with Crippen molar-refractivity contribution in [2.45, 2.75) is 44.9 Å². The number of hydrogen-bond donors (Lipinski definition) is 1. The number of thiophene rings is 1. The highest BCUT2D eigenvalue weighted by atomic mass is 32.1. The van der Waals surface area contributed by atoms with Crippen molar-refractivity contribution < 1.29 is 14.4 Å². The van der Waals surface area contributed by atoms with Crippen molar-refractivity contribution in [3.05, 3.63) is 22.4 Å². The van der Waals surface area contributed by atoms with Gasteiger partial charge in [-0.05, 0) is 23.8 Å². The van der Waals surface area contributed by atoms with Crippen LogP contribution in [0.2, 0.25) is 0 Å². The first-order valence-electron chi connectivity index (χ1n) is 9.99. The smallest absolute Gasteiger partial charge is 0.252 e. The van der Waals surface area contributed by atoms with Crippen LogP contribution in [0.25, 0.3) is 0 Å². The summed E-state index contributed by atoms with van der Waals surface area (Å²) in [6, 6.07) is 1.77. The van der Waals surface area contributed by atoms with Crippen LogP contribution in [0.15, 0.2) is 16.8 Å². The summed E-state index contributed by atoms with van der Waals surface area (Å²) in [4.78, 5) is 40.2. The predicted octanol–water partition coefficient (Wildman–Crippen LogP) is 2.51. The van der Waals surface area contributed by atoms with Gasteiger partial charge in [0.2, 0.25) is 11.8 Å². The van der Waals surface area contributed by atoms with Gasteiger partial charge in [0.25, 0.3) is 5.91 Å². The van der Waals surface area contributed by atoms with Crippen LogP contribution in [0, 0.1) is 5.92 Å². The van der Waals surface area contributed by atoms with Gasteiger partial charge < -0.3 is 15.1 Å². The molecule has 148 valence electrons. The summed E-state index contributed by atoms with van der Waals surface area (Å²) in [5.74, 6) is 0.874. The van der Waals surface area contributed by atoms with Gasteiger partial charge in [-0.25, -0.2) is 0 Å². The summed E-state index contributed by atoms with van der Waals surface area (Å²) in [6.45, 7) is 2.76. The minimum Gasteiger partial charge on any atom is -0.351 e. The Hall–Kier alpha value is -1.89. The number of amides is 3. The Labute approximate surface area is 164 Å². The molecule has 27 heavy (non-hydrogen) atoms. The molecule has 0 radical (unpaired) electrons. The largest absolute Gasteiger partial charge is 0.351 e. The van der Waals surface area contributed by atoms with Crippen LogP contribution in [0.3, 0.4) is 0 Å². The van der Waals surface area contributed by atoms with Gasteiger partial charge in [0, 0.05) is 56.5 Å². The maximum absolute atomic E-state index is 12.4. The van der Waals surface area contributed by atoms with Crippen LogP contribution < -0.4 is 5.32 Å². The second-order valence-corrected chi connectivity index (χ2v) is 8.25. The molecular formula is C20H29N3O3S. The molecule has 3 rings (SSSR count). The highest BCUT2D eigenvalue weighted by Gasteiger charge is 2.25. The number of carbonyl (C=O) groups is 3. The summed E-state index contributed by atoms with van der Waals surface area (Å²) in [5, 5.41) is 6.43. The molecule has 1 N–H and O–H groups in total. The monoisotopic (exact) mass is 391 g/mol. The zero-order valence-corrected chi connectivity index (χ0v) is 16.6. The molecule has 1 saturated heterocycles. The normalized spacial score (nSPS) is 17.9. The fraction of sp³-hybridized carbons (Fsp3) is 0.650. The zero-order chi connectivity index (χ0) is 19.1. The van der Waals surface area contributed by atoms with Crippen molar-refractivity contribution in [3.63, 3.8) is 0 Å². The van der Waals surface area contributed by atoms with Gasteiger partial charge >= 0.3 is 0 Å². The first-order chi connectivity index (χ1) is 13.1. The molecule has 3 amide bonds. The van der Waals surface area contributed by atoms with E-state index in [9.17, 15) is 14.4 Å². The van der Waals surface area contributed by atoms with E-state index in [0.29, 0.717) is 51.1 Å². The number of hydrogen-bond acceptors (Lipinski definition) is 4. The molecule has 2 heterocycles. The molecule has 2 aliphatic rings. The predicted molar refractivity (Wildman–Crippen MR) is 106 cm³/mol. The van der Waals surface area contributed by atoms with Crippen molar-refractivity contribution in [1.29, 1.82) is 0 Å². The summed E-state index contributed by atoms with van der Waals surface area (Å²) in [7, 11) is 0. The molecule has 0 bridgehead atoms. The average Bonchev–Trinajstić information content (AvgIpc) is 3.40. The van der Waals surface area contributed by atoms with Gasteiger partial charge in [0.15, 0.2) is 0 Å². The number of carbonyl (C=O) groups excluding carboxylic acids is 3. The minimum atomic E-state index is -0.137. The molecule has 1 aromatic heterocycles. The van der Waals surface area contributed by atoms with Crippen molar-refractivity contribution in [3.8, 4) is 0 Å². The van der Waals surface area contributed by atoms with Crippen LogP contribution in [0.1, 0.15) is 55.3 Å². The molecule has 7 heteroatoms. The molecule has 0 atom stereocenters. The maximum Gasteiger partial charge on any atom is 0.252 e. The van der Waals surface area contributed by atoms with E-state index in [2.05, 4.69) is 5.32 Å². The first kappa shape index (κ1) is 19.9. The molecule has 0 aromatic carbocycles. The molecule has 6 nitrogen and oxygen atoms in total. The molecule has 2 fully saturated rings. The van der Waals surface area contributed by atoms with Gasteiger partial charge in [-0.2, -0.15) is 11.3 Å². The minimum absolute atomic E-state index is 0.0404. The van der Waals surface area contributed by atoms with Crippen LogP contribution in [-0.2, 0) is 9.59 Å². The summed E-state index contributed by atoms with van der Waals surface area (Å²) < 4.78 is 0. The van der Waals surface area contributed by atoms with Crippen LogP contribution >= 0.6 is 11.3 Å². The lowest BCUT2D eigenvalue weighted by Crippen LogP contribution is -2.51. The van der Waals surface area contributed by atoms with Crippen LogP contribution in [-0.4, -0.2) is 60.2 Å². The van der Waals surface area contributed by atoms with E-state index in [4.69, 9.17) is 0 Å². The Morgan fingerprint density at radius 3 is 2.22 bits per heavy atom. The number of nitrogens with zero attached hydrogens (tertiary/aromatic N) is 2. The SMILES string of the molecule is O=C(NCCC(=O)N1CCN(C(=O)CCC2CCCC2)CC1)c1ccsc1. The van der Waals surface area contributed by atoms with Crippen LogP contribution in [0.4, 0.5) is 0 Å². The van der Waals surface area contributed by atoms with E-state index in [1.807, 2.05) is 10.3 Å². The molecule has 1 saturated carbocycles. The third-order valence-electron chi connectivity index (χ3n) is 5.63. The quantitative estimate of drug-likeness (QED) is 0.776. The standard InChI is InChI=1S/C20H29N3O3S/c24-18(6-5-16-3-1-2-4-16)22-10-12-23(13-11-22)19(25)7-9-21-20(26)17-8-14-27-15-17/h8,14-16H,1-7,9-13H2,(H,21,26). The van der Waals surface area contributed by atoms with Crippen molar-refractivity contribution in [1.82, 2.24) is 15.1 Å². The molecule has 1 aliphatic heterocycles. The van der Waals surface area contributed by atoms with E-state index in [1.54, 1.807) is 16.3 Å². The van der Waals surface area contributed by atoms with Gasteiger partial charge in [-0.15, -0.1) is 0 Å². The first-order valence-corrected chi connectivity index (χ1v) is 10.9. The Balaban J connectivity index is 1.31. The molecule has 1 aliphatic carbocycles. The average molecular weight is 392 g/mol. The van der Waals surface area contributed by atoms with Gasteiger partial charge in [-0.3, -0.25) is 14.4 Å². The van der Waals surface area contributed by atoms with Crippen molar-refractivity contribution >= 4 is 29.1 Å². The summed E-state index contributed by atoms with van der Waals surface area (Å²) in [5.41, 5.74) is 0.636. The van der Waals surface area contributed by atoms with Crippen molar-refractivity contribution in [2.75, 3.05) is 32.7 Å². The molecule has 0 spiro atoms. The Kier molecular flexibility index (Phi) is 7.26. The number of rotatable bonds is 7. The zero-order valence-electron chi connectivity index (χ0n) is 15.8. The summed E-state index contributed by atoms with van der Waals surface area (Å²) in [6.07, 6.45) is 7.14. The lowest BCUT2D eigenvalue weighted by atomic mass is 10.0. The third kappa shape index (κ3) is 5.79. The van der Waals surface area contributed by atoms with Crippen LogP contribution in [0.5, 0.6) is 0 Å². The Morgan fingerprint density at radius 2 is 1.63 bits per heavy atom. The maximum atomic E-state index is 12.4. The van der Waals surface area contributed by atoms with E-state index in [0.717, 1.165) is 12.3 Å². The fourth-order valence-electron chi connectivity index (χ4n) is 3.93. The van der Waals surface area contributed by atoms with E-state index in [-0.39, 0.29) is 17.7 Å². The summed E-state index contributed by atoms with van der Waals surface area (Å²) >= 11 is 1.48. The molecular weight excluding hydrogens is 362 g/mol. The fourth-order valence-corrected chi connectivity index (χ4v) is 4.56. The molecule has 0 unspecified atom stereocenters. The third-order valence-corrected chi connectivity index (χ3v) is 6.32. The second kappa shape index (κ2) is 9.88. The highest BCUT2D eigenvalue weighted by Crippen LogP contribution is 2.28. The lowest BCUT2D eigenvalue weighted by Gasteiger charge is -2.35. The Bertz CT molecular complexity index is 633. The topological polar surface area (TPSA) is 69.7 Å². The van der Waals surface area contributed by atoms with Gasteiger partial charge in [-0.1, -0.05) is 25.7 Å². The highest BCUT2D eigenvalue weighted by molar-refractivity contribution is 7.08. The number of piperazine rings is 1. The van der Waals surface area contributed by atoms with E-state index < -0.39 is 0 Å². The molecule has 1 aromatic rings. The van der Waals surface area contributed by atoms with Gasteiger partial charge in [0.05, 0.1) is 0 Å². The van der Waals surface area contributed by atoms with Crippen molar-refractivity contribution in [2.24, 2.45) is 5.92 Å². The number of nitrogens with one attached hydrogen (secondary N) is 1. The van der Waals surface area contributed by atoms with E-state index >= 15 is 0 Å². The second-order valence-electron chi connectivity index (χ2n) is 7.47. The lowest BCUT2D eigenvalue weighted by molar-refractivity contribution is -0.139. The van der Waals surface area contributed by atoms with Gasteiger partial charge in [0.1, 0.15) is 0 Å².